The van der Waals surface area contributed by atoms with Crippen LogP contribution in [0.2, 0.25) is 0 Å². The second-order valence-electron chi connectivity index (χ2n) is 6.53. The van der Waals surface area contributed by atoms with Crippen molar-refractivity contribution in [1.82, 2.24) is 0 Å². The van der Waals surface area contributed by atoms with E-state index in [-0.39, 0.29) is 11.0 Å². The van der Waals surface area contributed by atoms with Gasteiger partial charge in [0, 0.05) is 16.6 Å². The number of fused-ring (bicyclic) bond motifs is 1. The summed E-state index contributed by atoms with van der Waals surface area (Å²) >= 11 is 1.70. The maximum absolute atomic E-state index is 13.4. The molecule has 0 bridgehead atoms. The quantitative estimate of drug-likeness (QED) is 0.906. The van der Waals surface area contributed by atoms with Crippen LogP contribution in [0.15, 0.2) is 48.5 Å². The Labute approximate surface area is 146 Å². The Hall–Kier alpha value is -1.78. The molecule has 0 aromatic heterocycles. The van der Waals surface area contributed by atoms with E-state index in [0.29, 0.717) is 12.2 Å². The molecule has 0 unspecified atom stereocenters. The van der Waals surface area contributed by atoms with Gasteiger partial charge in [0.1, 0.15) is 5.75 Å². The zero-order valence-corrected chi connectivity index (χ0v) is 14.4. The number of carbonyl (C=O) groups excluding carboxylic acids is 1. The highest BCUT2D eigenvalue weighted by molar-refractivity contribution is 7.99. The van der Waals surface area contributed by atoms with Crippen LogP contribution in [0.4, 0.5) is 0 Å². The highest BCUT2D eigenvalue weighted by Gasteiger charge is 2.57. The van der Waals surface area contributed by atoms with Crippen molar-refractivity contribution in [3.63, 3.8) is 0 Å². The van der Waals surface area contributed by atoms with Gasteiger partial charge < -0.3 is 9.84 Å². The van der Waals surface area contributed by atoms with Crippen LogP contribution in [-0.4, -0.2) is 29.9 Å². The van der Waals surface area contributed by atoms with Gasteiger partial charge >= 0.3 is 0 Å². The fraction of sp³-hybridized carbons (Fsp3) is 0.350. The normalized spacial score (nSPS) is 28.8. The summed E-state index contributed by atoms with van der Waals surface area (Å²) in [4.78, 5) is 13.4. The van der Waals surface area contributed by atoms with E-state index in [1.54, 1.807) is 18.9 Å². The largest absolute Gasteiger partial charge is 0.497 e. The molecule has 1 aliphatic heterocycles. The zero-order chi connectivity index (χ0) is 16.7. The molecule has 2 aromatic rings. The fourth-order valence-corrected chi connectivity index (χ4v) is 5.78. The number of rotatable bonds is 2. The summed E-state index contributed by atoms with van der Waals surface area (Å²) in [6.45, 7) is 0. The highest BCUT2D eigenvalue weighted by atomic mass is 32.2. The number of ketones is 1. The van der Waals surface area contributed by atoms with Crippen molar-refractivity contribution in [3.8, 4) is 5.75 Å². The third-order valence-corrected chi connectivity index (χ3v) is 6.91. The monoisotopic (exact) mass is 340 g/mol. The van der Waals surface area contributed by atoms with Crippen LogP contribution in [0.3, 0.4) is 0 Å². The molecule has 0 radical (unpaired) electrons. The SMILES string of the molecule is COc1ccc2c(c1)CC[C@@]1(C2=O)[C@@H](O)CS[C@H]1c1ccccc1. The van der Waals surface area contributed by atoms with Gasteiger partial charge in [-0.15, -0.1) is 11.8 Å². The molecule has 1 heterocycles. The molecule has 24 heavy (non-hydrogen) atoms. The van der Waals surface area contributed by atoms with Crippen LogP contribution in [-0.2, 0) is 6.42 Å². The Morgan fingerprint density at radius 1 is 1.21 bits per heavy atom. The zero-order valence-electron chi connectivity index (χ0n) is 13.6. The van der Waals surface area contributed by atoms with Crippen LogP contribution in [0, 0.1) is 5.41 Å². The molecule has 3 nitrogen and oxygen atoms in total. The van der Waals surface area contributed by atoms with E-state index in [1.807, 2.05) is 36.4 Å². The topological polar surface area (TPSA) is 46.5 Å². The molecule has 0 amide bonds. The first-order chi connectivity index (χ1) is 11.7. The van der Waals surface area contributed by atoms with Gasteiger partial charge in [0.2, 0.25) is 0 Å². The minimum absolute atomic E-state index is 0.0106. The summed E-state index contributed by atoms with van der Waals surface area (Å²) in [5.74, 6) is 1.47. The third kappa shape index (κ3) is 2.20. The number of aryl methyl sites for hydroxylation is 1. The van der Waals surface area contributed by atoms with E-state index >= 15 is 0 Å². The van der Waals surface area contributed by atoms with Crippen LogP contribution in [0.5, 0.6) is 5.75 Å². The molecule has 4 heteroatoms. The molecule has 2 aliphatic rings. The van der Waals surface area contributed by atoms with Gasteiger partial charge in [-0.25, -0.2) is 0 Å². The van der Waals surface area contributed by atoms with Crippen LogP contribution in [0.25, 0.3) is 0 Å². The first kappa shape index (κ1) is 15.7. The van der Waals surface area contributed by atoms with Gasteiger partial charge in [-0.2, -0.15) is 0 Å². The van der Waals surface area contributed by atoms with E-state index in [9.17, 15) is 9.90 Å². The molecule has 1 aliphatic carbocycles. The lowest BCUT2D eigenvalue weighted by atomic mass is 9.64. The van der Waals surface area contributed by atoms with Crippen molar-refractivity contribution >= 4 is 17.5 Å². The minimum atomic E-state index is -0.715. The first-order valence-electron chi connectivity index (χ1n) is 8.23. The number of carbonyl (C=O) groups is 1. The molecular weight excluding hydrogens is 320 g/mol. The van der Waals surface area contributed by atoms with E-state index < -0.39 is 11.5 Å². The van der Waals surface area contributed by atoms with Gasteiger partial charge in [-0.3, -0.25) is 4.79 Å². The van der Waals surface area contributed by atoms with Crippen LogP contribution < -0.4 is 4.74 Å². The number of thioether (sulfide) groups is 1. The summed E-state index contributed by atoms with van der Waals surface area (Å²) in [5.41, 5.74) is 2.18. The summed E-state index contributed by atoms with van der Waals surface area (Å²) in [5, 5.41) is 10.8. The van der Waals surface area contributed by atoms with Crippen molar-refractivity contribution in [1.29, 1.82) is 0 Å². The van der Waals surface area contributed by atoms with Crippen LogP contribution >= 0.6 is 11.8 Å². The van der Waals surface area contributed by atoms with Crippen molar-refractivity contribution < 1.29 is 14.6 Å². The Kier molecular flexibility index (Phi) is 3.89. The number of aliphatic hydroxyl groups excluding tert-OH is 1. The summed E-state index contributed by atoms with van der Waals surface area (Å²) in [7, 11) is 1.64. The molecule has 1 fully saturated rings. The fourth-order valence-electron chi connectivity index (χ4n) is 4.08. The van der Waals surface area contributed by atoms with Gasteiger partial charge in [0.05, 0.1) is 18.6 Å². The summed E-state index contributed by atoms with van der Waals surface area (Å²) in [6.07, 6.45) is 0.870. The first-order valence-corrected chi connectivity index (χ1v) is 9.28. The molecule has 1 saturated heterocycles. The second kappa shape index (κ2) is 5.94. The molecule has 0 saturated carbocycles. The van der Waals surface area contributed by atoms with Gasteiger partial charge in [0.15, 0.2) is 5.78 Å². The van der Waals surface area contributed by atoms with Crippen molar-refractivity contribution in [2.75, 3.05) is 12.9 Å². The molecule has 1 spiro atoms. The highest BCUT2D eigenvalue weighted by Crippen LogP contribution is 2.58. The molecular formula is C20H20O3S. The van der Waals surface area contributed by atoms with E-state index in [0.717, 1.165) is 28.9 Å². The molecule has 1 N–H and O–H groups in total. The number of hydrogen-bond acceptors (Lipinski definition) is 4. The second-order valence-corrected chi connectivity index (χ2v) is 7.67. The predicted octanol–water partition coefficient (Wildman–Crippen LogP) is 3.66. The third-order valence-electron chi connectivity index (χ3n) is 5.37. The van der Waals surface area contributed by atoms with Crippen molar-refractivity contribution in [2.45, 2.75) is 24.2 Å². The molecule has 4 rings (SSSR count). The standard InChI is InChI=1S/C20H20O3S/c1-23-15-7-8-16-14(11-15)9-10-20(18(16)22)17(21)12-24-19(20)13-5-3-2-4-6-13/h2-8,11,17,19,21H,9-10,12H2,1H3/t17-,19-,20-/m0/s1. The van der Waals surface area contributed by atoms with E-state index in [1.165, 1.54) is 0 Å². The lowest BCUT2D eigenvalue weighted by Crippen LogP contribution is -2.46. The summed E-state index contributed by atoms with van der Waals surface area (Å²) in [6, 6.07) is 15.8. The maximum Gasteiger partial charge on any atom is 0.173 e. The lowest BCUT2D eigenvalue weighted by Gasteiger charge is -2.40. The number of aliphatic hydroxyl groups is 1. The van der Waals surface area contributed by atoms with Gasteiger partial charge in [0.25, 0.3) is 0 Å². The molecule has 124 valence electrons. The Morgan fingerprint density at radius 3 is 2.75 bits per heavy atom. The summed E-state index contributed by atoms with van der Waals surface area (Å²) < 4.78 is 5.28. The minimum Gasteiger partial charge on any atom is -0.497 e. The van der Waals surface area contributed by atoms with E-state index in [2.05, 4.69) is 12.1 Å². The predicted molar refractivity (Wildman–Crippen MR) is 95.7 cm³/mol. The Bertz CT molecular complexity index is 774. The van der Waals surface area contributed by atoms with Crippen LogP contribution in [0.1, 0.15) is 33.2 Å². The number of benzene rings is 2. The van der Waals surface area contributed by atoms with Crippen molar-refractivity contribution in [3.05, 3.63) is 65.2 Å². The Balaban J connectivity index is 1.79. The van der Waals surface area contributed by atoms with Gasteiger partial charge in [-0.05, 0) is 42.2 Å². The molecule has 2 aromatic carbocycles. The van der Waals surface area contributed by atoms with Gasteiger partial charge in [-0.1, -0.05) is 30.3 Å². The molecule has 3 atom stereocenters. The average Bonchev–Trinajstić information content (AvgIpc) is 2.96. The number of ether oxygens (including phenoxy) is 1. The lowest BCUT2D eigenvalue weighted by molar-refractivity contribution is 0.0325. The smallest absolute Gasteiger partial charge is 0.173 e. The average molecular weight is 340 g/mol. The number of methoxy groups -OCH3 is 1. The maximum atomic E-state index is 13.4. The van der Waals surface area contributed by atoms with Crippen molar-refractivity contribution in [2.24, 2.45) is 5.41 Å². The number of Topliss-reactive ketones (excluding diaryl/α,β-unsaturated/α-hetero) is 1. The number of hydrogen-bond donors (Lipinski definition) is 1. The van der Waals surface area contributed by atoms with E-state index in [4.69, 9.17) is 4.74 Å². The Morgan fingerprint density at radius 2 is 2.00 bits per heavy atom.